The molecule has 70 valence electrons. The fraction of sp³-hybridized carbons (Fsp3) is 0.889. The second-order valence-corrected chi connectivity index (χ2v) is 3.49. The quantitative estimate of drug-likeness (QED) is 0.397. The summed E-state index contributed by atoms with van der Waals surface area (Å²) in [6.07, 6.45) is 4.94. The van der Waals surface area contributed by atoms with Gasteiger partial charge in [0.15, 0.2) is 0 Å². The number of nitrogens with zero attached hydrogens (tertiary/aromatic N) is 2. The van der Waals surface area contributed by atoms with Crippen LogP contribution in [0.4, 0.5) is 0 Å². The molecule has 1 saturated heterocycles. The topological polar surface area (TPSA) is 35.8 Å². The molecule has 0 aromatic heterocycles. The molecule has 1 rings (SSSR count). The molecule has 0 bridgehead atoms. The highest BCUT2D eigenvalue weighted by Gasteiger charge is 2.09. The number of hydrogen-bond acceptors (Lipinski definition) is 3. The Labute approximate surface area is 74.1 Å². The van der Waals surface area contributed by atoms with Crippen molar-refractivity contribution < 1.29 is 5.21 Å². The van der Waals surface area contributed by atoms with E-state index in [-0.39, 0.29) is 0 Å². The van der Waals surface area contributed by atoms with E-state index in [1.54, 1.807) is 0 Å². The lowest BCUT2D eigenvalue weighted by atomic mass is 10.1. The van der Waals surface area contributed by atoms with Crippen LogP contribution in [-0.4, -0.2) is 35.5 Å². The first kappa shape index (κ1) is 9.52. The third-order valence-electron chi connectivity index (χ3n) is 2.41. The molecule has 0 aromatic rings. The lowest BCUT2D eigenvalue weighted by Crippen LogP contribution is -2.31. The summed E-state index contributed by atoms with van der Waals surface area (Å²) in [6, 6.07) is 0. The van der Waals surface area contributed by atoms with Crippen molar-refractivity contribution in [2.24, 2.45) is 5.16 Å². The molecule has 3 nitrogen and oxygen atoms in total. The maximum Gasteiger partial charge on any atom is 0.0552 e. The molecule has 0 amide bonds. The lowest BCUT2D eigenvalue weighted by Gasteiger charge is -2.25. The van der Waals surface area contributed by atoms with Crippen molar-refractivity contribution in [3.05, 3.63) is 0 Å². The summed E-state index contributed by atoms with van der Waals surface area (Å²) in [4.78, 5) is 2.44. The largest absolute Gasteiger partial charge is 0.411 e. The van der Waals surface area contributed by atoms with Gasteiger partial charge in [-0.2, -0.15) is 0 Å². The summed E-state index contributed by atoms with van der Waals surface area (Å²) in [6.45, 7) is 5.36. The Morgan fingerprint density at radius 3 is 2.58 bits per heavy atom. The Bertz CT molecular complexity index is 151. The molecule has 0 spiro atoms. The van der Waals surface area contributed by atoms with Gasteiger partial charge in [0.25, 0.3) is 0 Å². The van der Waals surface area contributed by atoms with Crippen molar-refractivity contribution in [2.45, 2.75) is 32.6 Å². The van der Waals surface area contributed by atoms with Crippen molar-refractivity contribution in [3.63, 3.8) is 0 Å². The van der Waals surface area contributed by atoms with E-state index in [1.165, 1.54) is 32.4 Å². The number of likely N-dealkylation sites (tertiary alicyclic amines) is 1. The molecule has 0 aromatic carbocycles. The minimum absolute atomic E-state index is 0.834. The minimum atomic E-state index is 0.834. The van der Waals surface area contributed by atoms with E-state index < -0.39 is 0 Å². The van der Waals surface area contributed by atoms with Crippen molar-refractivity contribution in [1.82, 2.24) is 4.90 Å². The Hall–Kier alpha value is -0.570. The smallest absolute Gasteiger partial charge is 0.0552 e. The summed E-state index contributed by atoms with van der Waals surface area (Å²) in [5.41, 5.74) is 0.834. The molecule has 0 saturated carbocycles. The zero-order valence-corrected chi connectivity index (χ0v) is 7.79. The zero-order chi connectivity index (χ0) is 8.81. The second kappa shape index (κ2) is 5.14. The summed E-state index contributed by atoms with van der Waals surface area (Å²) >= 11 is 0. The number of piperidine rings is 1. The Morgan fingerprint density at radius 1 is 1.33 bits per heavy atom. The van der Waals surface area contributed by atoms with E-state index in [4.69, 9.17) is 5.21 Å². The predicted octanol–water partition coefficient (Wildman–Crippen LogP) is 1.71. The van der Waals surface area contributed by atoms with E-state index in [0.717, 1.165) is 18.7 Å². The molecule has 1 aliphatic heterocycles. The average molecular weight is 170 g/mol. The number of rotatable bonds is 3. The van der Waals surface area contributed by atoms with Crippen LogP contribution in [0.3, 0.4) is 0 Å². The van der Waals surface area contributed by atoms with Gasteiger partial charge in [-0.3, -0.25) is 0 Å². The van der Waals surface area contributed by atoms with Crippen LogP contribution in [-0.2, 0) is 0 Å². The highest BCUT2D eigenvalue weighted by atomic mass is 16.4. The van der Waals surface area contributed by atoms with Crippen LogP contribution in [0.15, 0.2) is 5.16 Å². The lowest BCUT2D eigenvalue weighted by molar-refractivity contribution is 0.233. The van der Waals surface area contributed by atoms with E-state index in [9.17, 15) is 0 Å². The summed E-state index contributed by atoms with van der Waals surface area (Å²) in [5.74, 6) is 0. The fourth-order valence-corrected chi connectivity index (χ4v) is 1.55. The maximum atomic E-state index is 8.43. The van der Waals surface area contributed by atoms with E-state index in [1.807, 2.05) is 6.92 Å². The van der Waals surface area contributed by atoms with E-state index in [0.29, 0.717) is 0 Å². The van der Waals surface area contributed by atoms with Crippen LogP contribution >= 0.6 is 0 Å². The molecular weight excluding hydrogens is 152 g/mol. The van der Waals surface area contributed by atoms with Gasteiger partial charge in [0.05, 0.1) is 5.71 Å². The molecule has 12 heavy (non-hydrogen) atoms. The van der Waals surface area contributed by atoms with Crippen LogP contribution in [0, 0.1) is 0 Å². The van der Waals surface area contributed by atoms with Gasteiger partial charge in [0.1, 0.15) is 0 Å². The van der Waals surface area contributed by atoms with Gasteiger partial charge in [0, 0.05) is 13.0 Å². The fourth-order valence-electron chi connectivity index (χ4n) is 1.55. The van der Waals surface area contributed by atoms with Gasteiger partial charge in [-0.05, 0) is 32.9 Å². The Morgan fingerprint density at radius 2 is 2.00 bits per heavy atom. The summed E-state index contributed by atoms with van der Waals surface area (Å²) < 4.78 is 0. The SMILES string of the molecule is CC(CCN1CCCCC1)=NO. The van der Waals surface area contributed by atoms with Crippen LogP contribution in [0.1, 0.15) is 32.6 Å². The van der Waals surface area contributed by atoms with Gasteiger partial charge >= 0.3 is 0 Å². The summed E-state index contributed by atoms with van der Waals surface area (Å²) in [5, 5.41) is 11.6. The van der Waals surface area contributed by atoms with Crippen molar-refractivity contribution in [3.8, 4) is 0 Å². The van der Waals surface area contributed by atoms with Crippen molar-refractivity contribution >= 4 is 5.71 Å². The summed E-state index contributed by atoms with van der Waals surface area (Å²) in [7, 11) is 0. The Kier molecular flexibility index (Phi) is 4.08. The van der Waals surface area contributed by atoms with Gasteiger partial charge in [0.2, 0.25) is 0 Å². The maximum absolute atomic E-state index is 8.43. The van der Waals surface area contributed by atoms with Gasteiger partial charge in [-0.1, -0.05) is 11.6 Å². The molecule has 1 fully saturated rings. The monoisotopic (exact) mass is 170 g/mol. The second-order valence-electron chi connectivity index (χ2n) is 3.49. The zero-order valence-electron chi connectivity index (χ0n) is 7.79. The molecular formula is C9H18N2O. The molecule has 1 aliphatic rings. The first-order valence-electron chi connectivity index (χ1n) is 4.73. The van der Waals surface area contributed by atoms with Crippen LogP contribution in [0.5, 0.6) is 0 Å². The standard InChI is InChI=1S/C9H18N2O/c1-9(10-12)5-8-11-6-3-2-4-7-11/h12H,2-8H2,1H3. The molecule has 0 aliphatic carbocycles. The number of oxime groups is 1. The highest BCUT2D eigenvalue weighted by molar-refractivity contribution is 5.81. The predicted molar refractivity (Wildman–Crippen MR) is 49.8 cm³/mol. The van der Waals surface area contributed by atoms with Crippen LogP contribution in [0.2, 0.25) is 0 Å². The normalized spacial score (nSPS) is 21.2. The molecule has 0 radical (unpaired) electrons. The molecule has 3 heteroatoms. The van der Waals surface area contributed by atoms with Gasteiger partial charge < -0.3 is 10.1 Å². The first-order chi connectivity index (χ1) is 5.83. The average Bonchev–Trinajstić information content (AvgIpc) is 2.16. The van der Waals surface area contributed by atoms with Gasteiger partial charge in [-0.15, -0.1) is 0 Å². The van der Waals surface area contributed by atoms with Crippen molar-refractivity contribution in [1.29, 1.82) is 0 Å². The molecule has 1 heterocycles. The number of hydrogen-bond donors (Lipinski definition) is 1. The van der Waals surface area contributed by atoms with E-state index in [2.05, 4.69) is 10.1 Å². The van der Waals surface area contributed by atoms with E-state index >= 15 is 0 Å². The molecule has 0 atom stereocenters. The van der Waals surface area contributed by atoms with Crippen LogP contribution < -0.4 is 0 Å². The minimum Gasteiger partial charge on any atom is -0.411 e. The Balaban J connectivity index is 2.13. The van der Waals surface area contributed by atoms with Crippen molar-refractivity contribution in [2.75, 3.05) is 19.6 Å². The molecule has 1 N–H and O–H groups in total. The van der Waals surface area contributed by atoms with Gasteiger partial charge in [-0.25, -0.2) is 0 Å². The first-order valence-corrected chi connectivity index (χ1v) is 4.73. The highest BCUT2D eigenvalue weighted by Crippen LogP contribution is 2.08. The van der Waals surface area contributed by atoms with Crippen LogP contribution in [0.25, 0.3) is 0 Å². The third-order valence-corrected chi connectivity index (χ3v) is 2.41. The molecule has 0 unspecified atom stereocenters. The third kappa shape index (κ3) is 3.22.